The number of methoxy groups -OCH3 is 1. The second-order valence-electron chi connectivity index (χ2n) is 4.19. The van der Waals surface area contributed by atoms with E-state index in [9.17, 15) is 0 Å². The average molecular weight is 326 g/mol. The lowest BCUT2D eigenvalue weighted by Gasteiger charge is -2.11. The molecule has 4 nitrogen and oxygen atoms in total. The first-order valence-corrected chi connectivity index (χ1v) is 6.82. The van der Waals surface area contributed by atoms with Gasteiger partial charge in [0.1, 0.15) is 6.61 Å². The Balaban J connectivity index is 2.13. The normalized spacial score (nSPS) is 10.8. The van der Waals surface area contributed by atoms with Crippen LogP contribution in [0.3, 0.4) is 0 Å². The number of oxime groups is 1. The summed E-state index contributed by atoms with van der Waals surface area (Å²) in [6, 6.07) is 10.5. The summed E-state index contributed by atoms with van der Waals surface area (Å²) < 4.78 is 11.0. The van der Waals surface area contributed by atoms with Crippen molar-refractivity contribution in [3.05, 3.63) is 57.6 Å². The van der Waals surface area contributed by atoms with E-state index in [1.165, 1.54) is 6.21 Å². The van der Waals surface area contributed by atoms with Crippen LogP contribution in [0.1, 0.15) is 11.1 Å². The predicted molar refractivity (Wildman–Crippen MR) is 83.2 cm³/mol. The van der Waals surface area contributed by atoms with Gasteiger partial charge in [0.25, 0.3) is 0 Å². The Morgan fingerprint density at radius 3 is 2.57 bits per heavy atom. The van der Waals surface area contributed by atoms with E-state index >= 15 is 0 Å². The zero-order valence-corrected chi connectivity index (χ0v) is 12.7. The smallest absolute Gasteiger partial charge is 0.161 e. The second-order valence-corrected chi connectivity index (χ2v) is 5.01. The van der Waals surface area contributed by atoms with E-state index in [1.807, 2.05) is 6.07 Å². The van der Waals surface area contributed by atoms with Crippen LogP contribution in [-0.4, -0.2) is 18.5 Å². The van der Waals surface area contributed by atoms with Gasteiger partial charge in [-0.1, -0.05) is 34.4 Å². The van der Waals surface area contributed by atoms with Crippen LogP contribution < -0.4 is 9.47 Å². The van der Waals surface area contributed by atoms with Gasteiger partial charge in [0.2, 0.25) is 0 Å². The number of benzene rings is 2. The van der Waals surface area contributed by atoms with Crippen LogP contribution in [0.5, 0.6) is 11.5 Å². The molecule has 6 heteroatoms. The van der Waals surface area contributed by atoms with E-state index in [1.54, 1.807) is 37.4 Å². The minimum Gasteiger partial charge on any atom is -0.493 e. The lowest BCUT2D eigenvalue weighted by atomic mass is 10.2. The van der Waals surface area contributed by atoms with E-state index < -0.39 is 0 Å². The summed E-state index contributed by atoms with van der Waals surface area (Å²) >= 11 is 11.8. The zero-order chi connectivity index (χ0) is 15.2. The highest BCUT2D eigenvalue weighted by molar-refractivity contribution is 6.42. The third-order valence-electron chi connectivity index (χ3n) is 2.77. The molecule has 0 spiro atoms. The monoisotopic (exact) mass is 325 g/mol. The fraction of sp³-hybridized carbons (Fsp3) is 0.133. The van der Waals surface area contributed by atoms with Gasteiger partial charge in [-0.25, -0.2) is 0 Å². The molecular weight excluding hydrogens is 313 g/mol. The van der Waals surface area contributed by atoms with Gasteiger partial charge in [-0.05, 0) is 35.9 Å². The summed E-state index contributed by atoms with van der Waals surface area (Å²) in [5.41, 5.74) is 1.60. The highest BCUT2D eigenvalue weighted by Gasteiger charge is 2.06. The predicted octanol–water partition coefficient (Wildman–Crippen LogP) is 4.39. The molecule has 0 radical (unpaired) electrons. The maximum absolute atomic E-state index is 8.53. The van der Waals surface area contributed by atoms with Crippen molar-refractivity contribution in [3.63, 3.8) is 0 Å². The molecule has 0 aliphatic carbocycles. The molecule has 0 aliphatic heterocycles. The molecule has 0 aromatic heterocycles. The number of rotatable bonds is 5. The van der Waals surface area contributed by atoms with E-state index in [-0.39, 0.29) is 0 Å². The second kappa shape index (κ2) is 7.20. The quantitative estimate of drug-likeness (QED) is 0.504. The summed E-state index contributed by atoms with van der Waals surface area (Å²) in [7, 11) is 1.54. The fourth-order valence-electron chi connectivity index (χ4n) is 1.74. The fourth-order valence-corrected chi connectivity index (χ4v) is 2.06. The van der Waals surface area contributed by atoms with Crippen molar-refractivity contribution in [3.8, 4) is 11.5 Å². The van der Waals surface area contributed by atoms with Crippen molar-refractivity contribution < 1.29 is 14.7 Å². The summed E-state index contributed by atoms with van der Waals surface area (Å²) in [5.74, 6) is 1.13. The molecule has 0 aliphatic rings. The van der Waals surface area contributed by atoms with Crippen molar-refractivity contribution >= 4 is 29.4 Å². The first-order valence-electron chi connectivity index (χ1n) is 6.06. The van der Waals surface area contributed by atoms with Crippen LogP contribution >= 0.6 is 23.2 Å². The molecule has 0 unspecified atom stereocenters. The Morgan fingerprint density at radius 2 is 1.90 bits per heavy atom. The molecule has 21 heavy (non-hydrogen) atoms. The molecule has 0 heterocycles. The first kappa shape index (κ1) is 15.5. The number of nitrogens with zero attached hydrogens (tertiary/aromatic N) is 1. The van der Waals surface area contributed by atoms with Gasteiger partial charge in [-0.2, -0.15) is 0 Å². The maximum Gasteiger partial charge on any atom is 0.161 e. The van der Waals surface area contributed by atoms with Crippen molar-refractivity contribution in [2.75, 3.05) is 7.11 Å². The topological polar surface area (TPSA) is 51.0 Å². The maximum atomic E-state index is 8.53. The molecule has 0 atom stereocenters. The van der Waals surface area contributed by atoms with Gasteiger partial charge in [-0.3, -0.25) is 0 Å². The molecule has 0 bridgehead atoms. The lowest BCUT2D eigenvalue weighted by Crippen LogP contribution is -1.98. The van der Waals surface area contributed by atoms with Crippen LogP contribution in [0, 0.1) is 0 Å². The molecule has 2 aromatic rings. The van der Waals surface area contributed by atoms with Crippen molar-refractivity contribution in [1.29, 1.82) is 0 Å². The number of halogens is 2. The molecule has 1 N–H and O–H groups in total. The lowest BCUT2D eigenvalue weighted by molar-refractivity contribution is 0.284. The Bertz CT molecular complexity index is 659. The van der Waals surface area contributed by atoms with E-state index in [0.29, 0.717) is 33.7 Å². The third kappa shape index (κ3) is 4.03. The third-order valence-corrected chi connectivity index (χ3v) is 3.51. The average Bonchev–Trinajstić information content (AvgIpc) is 2.49. The van der Waals surface area contributed by atoms with Crippen LogP contribution in [0.4, 0.5) is 0 Å². The van der Waals surface area contributed by atoms with Gasteiger partial charge in [0.05, 0.1) is 23.4 Å². The number of ether oxygens (including phenoxy) is 2. The molecule has 0 amide bonds. The molecule has 110 valence electrons. The molecule has 0 saturated carbocycles. The van der Waals surface area contributed by atoms with Gasteiger partial charge in [0, 0.05) is 5.56 Å². The minimum atomic E-state index is 0.334. The van der Waals surface area contributed by atoms with Crippen LogP contribution in [-0.2, 0) is 6.61 Å². The number of hydrogen-bond donors (Lipinski definition) is 1. The molecule has 0 fully saturated rings. The van der Waals surface area contributed by atoms with Crippen molar-refractivity contribution in [1.82, 2.24) is 0 Å². The SMILES string of the molecule is COc1cc(C=NO)ccc1OCc1ccc(Cl)c(Cl)c1. The Labute approximate surface area is 132 Å². The Hall–Kier alpha value is -1.91. The summed E-state index contributed by atoms with van der Waals surface area (Å²) in [6.45, 7) is 0.334. The van der Waals surface area contributed by atoms with Crippen molar-refractivity contribution in [2.45, 2.75) is 6.61 Å². The van der Waals surface area contributed by atoms with Gasteiger partial charge >= 0.3 is 0 Å². The standard InChI is InChI=1S/C15H13Cl2NO3/c1-20-15-7-10(8-18-19)3-5-14(15)21-9-11-2-4-12(16)13(17)6-11/h2-8,19H,9H2,1H3. The molecule has 0 saturated heterocycles. The Kier molecular flexibility index (Phi) is 5.31. The largest absolute Gasteiger partial charge is 0.493 e. The zero-order valence-electron chi connectivity index (χ0n) is 11.2. The molecule has 2 rings (SSSR count). The van der Waals surface area contributed by atoms with E-state index in [0.717, 1.165) is 5.56 Å². The summed E-state index contributed by atoms with van der Waals surface area (Å²) in [4.78, 5) is 0. The first-order chi connectivity index (χ1) is 10.1. The Morgan fingerprint density at radius 1 is 1.10 bits per heavy atom. The van der Waals surface area contributed by atoms with Crippen LogP contribution in [0.25, 0.3) is 0 Å². The highest BCUT2D eigenvalue weighted by atomic mass is 35.5. The van der Waals surface area contributed by atoms with Crippen molar-refractivity contribution in [2.24, 2.45) is 5.16 Å². The summed E-state index contributed by atoms with van der Waals surface area (Å²) in [6.07, 6.45) is 1.31. The van der Waals surface area contributed by atoms with Crippen LogP contribution in [0.2, 0.25) is 10.0 Å². The van der Waals surface area contributed by atoms with E-state index in [2.05, 4.69) is 5.16 Å². The van der Waals surface area contributed by atoms with Gasteiger partial charge in [-0.15, -0.1) is 0 Å². The summed E-state index contributed by atoms with van der Waals surface area (Å²) in [5, 5.41) is 12.5. The van der Waals surface area contributed by atoms with Gasteiger partial charge < -0.3 is 14.7 Å². The highest BCUT2D eigenvalue weighted by Crippen LogP contribution is 2.29. The molecule has 2 aromatic carbocycles. The molecular formula is C15H13Cl2NO3. The van der Waals surface area contributed by atoms with Crippen LogP contribution in [0.15, 0.2) is 41.6 Å². The van der Waals surface area contributed by atoms with Gasteiger partial charge in [0.15, 0.2) is 11.5 Å². The van der Waals surface area contributed by atoms with E-state index in [4.69, 9.17) is 37.9 Å². The number of hydrogen-bond acceptors (Lipinski definition) is 4. The minimum absolute atomic E-state index is 0.334.